The van der Waals surface area contributed by atoms with E-state index in [1.165, 1.54) is 0 Å². The van der Waals surface area contributed by atoms with Crippen molar-refractivity contribution in [1.29, 1.82) is 0 Å². The van der Waals surface area contributed by atoms with E-state index >= 15 is 0 Å². The van der Waals surface area contributed by atoms with E-state index in [-0.39, 0.29) is 0 Å². The lowest BCUT2D eigenvalue weighted by molar-refractivity contribution is 0.111. The zero-order chi connectivity index (χ0) is 7.40. The Bertz CT molecular complexity index is 232. The van der Waals surface area contributed by atoms with Crippen molar-refractivity contribution in [1.82, 2.24) is 4.98 Å². The molecule has 0 spiro atoms. The normalized spacial score (nSPS) is 8.80. The number of aldehydes is 1. The lowest BCUT2D eigenvalue weighted by Crippen LogP contribution is -1.87. The highest BCUT2D eigenvalue weighted by atomic mass is 16.1. The van der Waals surface area contributed by atoms with Crippen molar-refractivity contribution in [3.05, 3.63) is 36.2 Å². The highest BCUT2D eigenvalue weighted by Gasteiger charge is 1.89. The summed E-state index contributed by atoms with van der Waals surface area (Å²) in [6.45, 7) is 3.53. The molecule has 0 saturated carbocycles. The predicted molar refractivity (Wildman–Crippen MR) is 39.7 cm³/mol. The van der Waals surface area contributed by atoms with Gasteiger partial charge in [0, 0.05) is 0 Å². The molecule has 2 nitrogen and oxygen atoms in total. The van der Waals surface area contributed by atoms with Crippen LogP contribution in [0.4, 0.5) is 0 Å². The van der Waals surface area contributed by atoms with Crippen LogP contribution in [0.5, 0.6) is 0 Å². The van der Waals surface area contributed by atoms with Gasteiger partial charge in [-0.25, -0.2) is 4.98 Å². The molecule has 0 bridgehead atoms. The van der Waals surface area contributed by atoms with Crippen molar-refractivity contribution < 1.29 is 4.79 Å². The highest BCUT2D eigenvalue weighted by molar-refractivity contribution is 5.72. The van der Waals surface area contributed by atoms with Gasteiger partial charge in [-0.05, 0) is 18.2 Å². The summed E-state index contributed by atoms with van der Waals surface area (Å²) < 4.78 is 0. The van der Waals surface area contributed by atoms with Crippen LogP contribution in [0.2, 0.25) is 0 Å². The first-order valence-corrected chi connectivity index (χ1v) is 2.91. The summed E-state index contributed by atoms with van der Waals surface area (Å²) in [4.78, 5) is 14.1. The molecule has 2 heteroatoms. The maximum atomic E-state index is 10.2. The minimum Gasteiger partial charge on any atom is -0.296 e. The zero-order valence-electron chi connectivity index (χ0n) is 5.45. The van der Waals surface area contributed by atoms with Crippen molar-refractivity contribution >= 4 is 12.4 Å². The Morgan fingerprint density at radius 2 is 2.10 bits per heavy atom. The first-order chi connectivity index (χ1) is 4.86. The first-order valence-electron chi connectivity index (χ1n) is 2.91. The van der Waals surface area contributed by atoms with Gasteiger partial charge >= 0.3 is 0 Å². The summed E-state index contributed by atoms with van der Waals surface area (Å²) in [6.07, 6.45) is 2.32. The molecule has 1 aromatic rings. The summed E-state index contributed by atoms with van der Waals surface area (Å²) >= 11 is 0. The summed E-state index contributed by atoms with van der Waals surface area (Å²) in [5.41, 5.74) is 1.17. The third-order valence-electron chi connectivity index (χ3n) is 1.12. The molecular formula is C8H7NO. The molecule has 0 aromatic carbocycles. The summed E-state index contributed by atoms with van der Waals surface area (Å²) in [7, 11) is 0. The van der Waals surface area contributed by atoms with Crippen molar-refractivity contribution in [2.75, 3.05) is 0 Å². The van der Waals surface area contributed by atoms with Gasteiger partial charge < -0.3 is 0 Å². The second-order valence-corrected chi connectivity index (χ2v) is 1.81. The molecule has 0 saturated heterocycles. The largest absolute Gasteiger partial charge is 0.296 e. The fourth-order valence-electron chi connectivity index (χ4n) is 0.648. The molecule has 0 aliphatic heterocycles. The quantitative estimate of drug-likeness (QED) is 0.573. The van der Waals surface area contributed by atoms with Crippen molar-refractivity contribution in [2.45, 2.75) is 0 Å². The monoisotopic (exact) mass is 133 g/mol. The Balaban J connectivity index is 3.09. The summed E-state index contributed by atoms with van der Waals surface area (Å²) in [6, 6.07) is 5.22. The van der Waals surface area contributed by atoms with Crippen LogP contribution in [0.3, 0.4) is 0 Å². The number of carbonyl (C=O) groups excluding carboxylic acids is 1. The minimum absolute atomic E-state index is 0.442. The molecule has 0 aliphatic carbocycles. The molecule has 50 valence electrons. The van der Waals surface area contributed by atoms with Crippen molar-refractivity contribution in [3.63, 3.8) is 0 Å². The first kappa shape index (κ1) is 6.68. The zero-order valence-corrected chi connectivity index (χ0v) is 5.45. The Kier molecular flexibility index (Phi) is 1.95. The average molecular weight is 133 g/mol. The predicted octanol–water partition coefficient (Wildman–Crippen LogP) is 1.54. The summed E-state index contributed by atoms with van der Waals surface area (Å²) in [5.74, 6) is 0. The van der Waals surface area contributed by atoms with Gasteiger partial charge in [0.15, 0.2) is 6.29 Å². The number of carbonyl (C=O) groups is 1. The van der Waals surface area contributed by atoms with Gasteiger partial charge in [0.25, 0.3) is 0 Å². The molecule has 0 aliphatic rings. The van der Waals surface area contributed by atoms with Crippen molar-refractivity contribution in [3.8, 4) is 0 Å². The van der Waals surface area contributed by atoms with Crippen LogP contribution in [-0.4, -0.2) is 11.3 Å². The maximum absolute atomic E-state index is 10.2. The lowest BCUT2D eigenvalue weighted by atomic mass is 10.3. The standard InChI is InChI=1S/C8H7NO/c1-2-7-4-3-5-8(6-10)9-7/h2-6H,1H2. The topological polar surface area (TPSA) is 30.0 Å². The van der Waals surface area contributed by atoms with Gasteiger partial charge in [0.2, 0.25) is 0 Å². The molecular weight excluding hydrogens is 126 g/mol. The van der Waals surface area contributed by atoms with Crippen molar-refractivity contribution in [2.24, 2.45) is 0 Å². The molecule has 0 fully saturated rings. The Hall–Kier alpha value is -1.44. The second kappa shape index (κ2) is 2.92. The molecule has 0 amide bonds. The van der Waals surface area contributed by atoms with Crippen LogP contribution in [0.1, 0.15) is 16.2 Å². The van der Waals surface area contributed by atoms with Gasteiger partial charge in [-0.3, -0.25) is 4.79 Å². The van der Waals surface area contributed by atoms with Crippen LogP contribution in [0.25, 0.3) is 6.08 Å². The Morgan fingerprint density at radius 3 is 2.70 bits per heavy atom. The van der Waals surface area contributed by atoms with E-state index in [0.29, 0.717) is 12.0 Å². The number of hydrogen-bond donors (Lipinski definition) is 0. The Labute approximate surface area is 59.2 Å². The third kappa shape index (κ3) is 1.29. The average Bonchev–Trinajstić information content (AvgIpc) is 2.05. The molecule has 0 N–H and O–H groups in total. The second-order valence-electron chi connectivity index (χ2n) is 1.81. The van der Waals surface area contributed by atoms with Gasteiger partial charge in [-0.2, -0.15) is 0 Å². The van der Waals surface area contributed by atoms with Gasteiger partial charge in [-0.15, -0.1) is 0 Å². The number of pyridine rings is 1. The summed E-state index contributed by atoms with van der Waals surface area (Å²) in [5, 5.41) is 0. The fraction of sp³-hybridized carbons (Fsp3) is 0. The van der Waals surface area contributed by atoms with Gasteiger partial charge in [-0.1, -0.05) is 12.6 Å². The molecule has 1 heterocycles. The maximum Gasteiger partial charge on any atom is 0.168 e. The van der Waals surface area contributed by atoms with E-state index in [4.69, 9.17) is 0 Å². The van der Waals surface area contributed by atoms with Crippen LogP contribution in [-0.2, 0) is 0 Å². The van der Waals surface area contributed by atoms with Gasteiger partial charge in [0.1, 0.15) is 5.69 Å². The molecule has 1 rings (SSSR count). The molecule has 0 unspecified atom stereocenters. The van der Waals surface area contributed by atoms with E-state index in [1.54, 1.807) is 24.3 Å². The van der Waals surface area contributed by atoms with Crippen LogP contribution < -0.4 is 0 Å². The van der Waals surface area contributed by atoms with E-state index in [2.05, 4.69) is 11.6 Å². The highest BCUT2D eigenvalue weighted by Crippen LogP contribution is 1.97. The van der Waals surface area contributed by atoms with E-state index < -0.39 is 0 Å². The van der Waals surface area contributed by atoms with Crippen LogP contribution in [0, 0.1) is 0 Å². The van der Waals surface area contributed by atoms with E-state index in [0.717, 1.165) is 5.69 Å². The molecule has 0 atom stereocenters. The molecule has 10 heavy (non-hydrogen) atoms. The number of rotatable bonds is 2. The number of nitrogens with zero attached hydrogens (tertiary/aromatic N) is 1. The minimum atomic E-state index is 0.442. The molecule has 0 radical (unpaired) electrons. The Morgan fingerprint density at radius 1 is 1.40 bits per heavy atom. The van der Waals surface area contributed by atoms with E-state index in [9.17, 15) is 4.79 Å². The van der Waals surface area contributed by atoms with Crippen LogP contribution >= 0.6 is 0 Å². The smallest absolute Gasteiger partial charge is 0.168 e. The fourth-order valence-corrected chi connectivity index (χ4v) is 0.648. The lowest BCUT2D eigenvalue weighted by Gasteiger charge is -1.90. The van der Waals surface area contributed by atoms with Gasteiger partial charge in [0.05, 0.1) is 5.69 Å². The third-order valence-corrected chi connectivity index (χ3v) is 1.12. The van der Waals surface area contributed by atoms with Crippen LogP contribution in [0.15, 0.2) is 24.8 Å². The molecule has 1 aromatic heterocycles. The SMILES string of the molecule is C=Cc1cccc(C=O)n1. The van der Waals surface area contributed by atoms with E-state index in [1.807, 2.05) is 0 Å². The number of hydrogen-bond acceptors (Lipinski definition) is 2. The number of aromatic nitrogens is 1.